The zero-order chi connectivity index (χ0) is 20.7. The molecule has 4 atom stereocenters. The minimum Gasteiger partial charge on any atom is -0.468 e. The van der Waals surface area contributed by atoms with Gasteiger partial charge in [0.1, 0.15) is 11.5 Å². The van der Waals surface area contributed by atoms with Crippen LogP contribution in [0.4, 0.5) is 13.2 Å². The Morgan fingerprint density at radius 2 is 1.86 bits per heavy atom. The number of carbonyl (C=O) groups excluding carboxylic acids is 2. The van der Waals surface area contributed by atoms with Crippen LogP contribution in [-0.4, -0.2) is 31.1 Å². The third-order valence-electron chi connectivity index (χ3n) is 5.23. The third-order valence-corrected chi connectivity index (χ3v) is 6.44. The maximum atomic E-state index is 14.3. The lowest BCUT2D eigenvalue weighted by Gasteiger charge is -2.36. The largest absolute Gasteiger partial charge is 0.468 e. The Kier molecular flexibility index (Phi) is 5.58. The number of benzene rings is 1. The first-order valence-corrected chi connectivity index (χ1v) is 9.60. The van der Waals surface area contributed by atoms with Gasteiger partial charge in [0, 0.05) is 15.5 Å². The van der Waals surface area contributed by atoms with Gasteiger partial charge in [-0.2, -0.15) is 13.2 Å². The second kappa shape index (κ2) is 7.50. The fourth-order valence-electron chi connectivity index (χ4n) is 3.68. The third kappa shape index (κ3) is 3.33. The van der Waals surface area contributed by atoms with Gasteiger partial charge < -0.3 is 4.74 Å². The van der Waals surface area contributed by atoms with Crippen LogP contribution in [0.5, 0.6) is 0 Å². The van der Waals surface area contributed by atoms with Gasteiger partial charge in [-0.3, -0.25) is 14.9 Å². The number of nitrogens with one attached hydrogen (secondary N) is 1. The van der Waals surface area contributed by atoms with Gasteiger partial charge in [-0.25, -0.2) is 0 Å². The quantitative estimate of drug-likeness (QED) is 0.565. The number of methoxy groups -OCH3 is 1. The minimum absolute atomic E-state index is 0.0961. The molecule has 3 rings (SSSR count). The van der Waals surface area contributed by atoms with Crippen LogP contribution in [0.25, 0.3) is 0 Å². The number of carbonyl (C=O) groups is 2. The summed E-state index contributed by atoms with van der Waals surface area (Å²) in [4.78, 5) is 26.0. The Bertz CT molecular complexity index is 870. The standard InChI is InChI=1S/C19H17ClF3NO3S/c1-18(19(21,22)23)13(15(25)10-5-7-11(20)8-6-10)14(12-4-3-9-28-12)24-16(18)17(26)27-2/h3-9,13-14,16,24H,1-2H3/t13-,14-,16+,18-/m0/s1. The van der Waals surface area contributed by atoms with E-state index in [9.17, 15) is 22.8 Å². The zero-order valence-electron chi connectivity index (χ0n) is 14.9. The summed E-state index contributed by atoms with van der Waals surface area (Å²) in [6, 6.07) is 6.28. The molecule has 0 unspecified atom stereocenters. The van der Waals surface area contributed by atoms with E-state index in [-0.39, 0.29) is 5.56 Å². The first kappa shape index (κ1) is 20.8. The molecule has 0 radical (unpaired) electrons. The molecule has 0 saturated carbocycles. The molecule has 28 heavy (non-hydrogen) atoms. The van der Waals surface area contributed by atoms with Crippen LogP contribution in [0.1, 0.15) is 28.2 Å². The Hall–Kier alpha value is -1.90. The molecule has 2 aromatic rings. The monoisotopic (exact) mass is 431 g/mol. The second-order valence-electron chi connectivity index (χ2n) is 6.75. The van der Waals surface area contributed by atoms with E-state index < -0.39 is 41.3 Å². The van der Waals surface area contributed by atoms with Crippen molar-refractivity contribution >= 4 is 34.7 Å². The number of hydrogen-bond acceptors (Lipinski definition) is 5. The van der Waals surface area contributed by atoms with Gasteiger partial charge in [0.05, 0.1) is 19.1 Å². The number of hydrogen-bond donors (Lipinski definition) is 1. The van der Waals surface area contributed by atoms with Gasteiger partial charge in [0.15, 0.2) is 5.78 Å². The maximum absolute atomic E-state index is 14.3. The number of alkyl halides is 3. The van der Waals surface area contributed by atoms with Crippen LogP contribution in [0.3, 0.4) is 0 Å². The normalized spacial score (nSPS) is 27.6. The average Bonchev–Trinajstić information content (AvgIpc) is 3.27. The van der Waals surface area contributed by atoms with Crippen molar-refractivity contribution in [2.45, 2.75) is 25.2 Å². The highest BCUT2D eigenvalue weighted by molar-refractivity contribution is 7.10. The summed E-state index contributed by atoms with van der Waals surface area (Å²) in [5.74, 6) is -3.34. The number of rotatable bonds is 4. The molecule has 4 nitrogen and oxygen atoms in total. The molecule has 150 valence electrons. The molecule has 1 aromatic carbocycles. The molecule has 1 N–H and O–H groups in total. The molecule has 9 heteroatoms. The van der Waals surface area contributed by atoms with E-state index >= 15 is 0 Å². The number of Topliss-reactive ketones (excluding diaryl/α,β-unsaturated/α-hetero) is 1. The molecule has 0 spiro atoms. The van der Waals surface area contributed by atoms with Gasteiger partial charge in [-0.05, 0) is 42.6 Å². The fourth-order valence-corrected chi connectivity index (χ4v) is 4.63. The zero-order valence-corrected chi connectivity index (χ0v) is 16.5. The minimum atomic E-state index is -4.84. The molecule has 2 heterocycles. The van der Waals surface area contributed by atoms with Crippen LogP contribution in [0.2, 0.25) is 5.02 Å². The van der Waals surface area contributed by atoms with Crippen LogP contribution in [0.15, 0.2) is 41.8 Å². The highest BCUT2D eigenvalue weighted by atomic mass is 35.5. The SMILES string of the molecule is COC(=O)[C@H]1N[C@@H](c2cccs2)[C@@H](C(=O)c2ccc(Cl)cc2)[C@]1(C)C(F)(F)F. The topological polar surface area (TPSA) is 55.4 Å². The first-order valence-electron chi connectivity index (χ1n) is 8.35. The van der Waals surface area contributed by atoms with E-state index in [0.29, 0.717) is 9.90 Å². The molecular weight excluding hydrogens is 415 g/mol. The van der Waals surface area contributed by atoms with E-state index in [1.54, 1.807) is 17.5 Å². The predicted molar refractivity (Wildman–Crippen MR) is 99.4 cm³/mol. The Morgan fingerprint density at radius 1 is 1.21 bits per heavy atom. The molecule has 1 aliphatic heterocycles. The smallest absolute Gasteiger partial charge is 0.397 e. The van der Waals surface area contributed by atoms with Crippen LogP contribution in [-0.2, 0) is 9.53 Å². The van der Waals surface area contributed by atoms with E-state index in [1.165, 1.54) is 35.6 Å². The molecule has 1 aliphatic rings. The summed E-state index contributed by atoms with van der Waals surface area (Å²) in [5, 5.41) is 4.79. The Labute approximate surface area is 168 Å². The molecular formula is C19H17ClF3NO3S. The number of halogens is 4. The second-order valence-corrected chi connectivity index (χ2v) is 8.16. The molecule has 0 aliphatic carbocycles. The summed E-state index contributed by atoms with van der Waals surface area (Å²) < 4.78 is 47.5. The maximum Gasteiger partial charge on any atom is 0.397 e. The van der Waals surface area contributed by atoms with Crippen LogP contribution in [0, 0.1) is 11.3 Å². The lowest BCUT2D eigenvalue weighted by molar-refractivity contribution is -0.232. The van der Waals surface area contributed by atoms with E-state index in [4.69, 9.17) is 11.6 Å². The van der Waals surface area contributed by atoms with Crippen LogP contribution < -0.4 is 5.32 Å². The summed E-state index contributed by atoms with van der Waals surface area (Å²) in [7, 11) is 1.02. The molecule has 1 fully saturated rings. The number of ketones is 1. The van der Waals surface area contributed by atoms with Gasteiger partial charge >= 0.3 is 12.1 Å². The fraction of sp³-hybridized carbons (Fsp3) is 0.368. The Balaban J connectivity index is 2.17. The van der Waals surface area contributed by atoms with Crippen molar-refractivity contribution in [1.29, 1.82) is 0 Å². The first-order chi connectivity index (χ1) is 13.1. The van der Waals surface area contributed by atoms with E-state index in [0.717, 1.165) is 14.0 Å². The van der Waals surface area contributed by atoms with Crippen molar-refractivity contribution in [1.82, 2.24) is 5.32 Å². The van der Waals surface area contributed by atoms with E-state index in [2.05, 4.69) is 10.1 Å². The van der Waals surface area contributed by atoms with Gasteiger partial charge in [-0.15, -0.1) is 11.3 Å². The van der Waals surface area contributed by atoms with Crippen molar-refractivity contribution < 1.29 is 27.5 Å². The van der Waals surface area contributed by atoms with Crippen molar-refractivity contribution in [3.63, 3.8) is 0 Å². The van der Waals surface area contributed by atoms with Crippen molar-refractivity contribution in [3.8, 4) is 0 Å². The van der Waals surface area contributed by atoms with Gasteiger partial charge in [0.25, 0.3) is 0 Å². The summed E-state index contributed by atoms with van der Waals surface area (Å²) >= 11 is 7.05. The lowest BCUT2D eigenvalue weighted by Crippen LogP contribution is -2.53. The molecule has 0 amide bonds. The predicted octanol–water partition coefficient (Wildman–Crippen LogP) is 4.66. The van der Waals surface area contributed by atoms with Crippen molar-refractivity contribution in [3.05, 3.63) is 57.2 Å². The highest BCUT2D eigenvalue weighted by Gasteiger charge is 2.70. The summed E-state index contributed by atoms with van der Waals surface area (Å²) in [5.41, 5.74) is -2.57. The molecule has 1 saturated heterocycles. The van der Waals surface area contributed by atoms with Crippen molar-refractivity contribution in [2.75, 3.05) is 7.11 Å². The number of ether oxygens (including phenoxy) is 1. The average molecular weight is 432 g/mol. The Morgan fingerprint density at radius 3 is 2.36 bits per heavy atom. The molecule has 0 bridgehead atoms. The highest BCUT2D eigenvalue weighted by Crippen LogP contribution is 2.57. The summed E-state index contributed by atoms with van der Waals surface area (Å²) in [6.45, 7) is 0.897. The lowest BCUT2D eigenvalue weighted by atomic mass is 9.68. The van der Waals surface area contributed by atoms with E-state index in [1.807, 2.05) is 0 Å². The number of esters is 1. The van der Waals surface area contributed by atoms with Crippen molar-refractivity contribution in [2.24, 2.45) is 11.3 Å². The molecule has 1 aromatic heterocycles. The number of thiophene rings is 1. The van der Waals surface area contributed by atoms with Gasteiger partial charge in [0.2, 0.25) is 0 Å². The van der Waals surface area contributed by atoms with Crippen LogP contribution >= 0.6 is 22.9 Å². The van der Waals surface area contributed by atoms with Gasteiger partial charge in [-0.1, -0.05) is 17.7 Å². The summed E-state index contributed by atoms with van der Waals surface area (Å²) in [6.07, 6.45) is -4.84.